The lowest BCUT2D eigenvalue weighted by atomic mass is 9.73. The van der Waals surface area contributed by atoms with Gasteiger partial charge in [0.25, 0.3) is 0 Å². The summed E-state index contributed by atoms with van der Waals surface area (Å²) in [6.07, 6.45) is 0.574. The number of aryl methyl sites for hydroxylation is 1. The van der Waals surface area contributed by atoms with Gasteiger partial charge in [-0.05, 0) is 62.9 Å². The zero-order valence-electron chi connectivity index (χ0n) is 17.0. The van der Waals surface area contributed by atoms with E-state index in [1.807, 2.05) is 6.92 Å². The Morgan fingerprint density at radius 1 is 1.00 bits per heavy atom. The van der Waals surface area contributed by atoms with E-state index >= 15 is 0 Å². The number of benzene rings is 2. The zero-order chi connectivity index (χ0) is 21.7. The Morgan fingerprint density at radius 3 is 2.14 bits per heavy atom. The van der Waals surface area contributed by atoms with E-state index in [1.54, 1.807) is 58.0 Å². The molecule has 3 nitrogen and oxygen atoms in total. The summed E-state index contributed by atoms with van der Waals surface area (Å²) in [5.41, 5.74) is 0.186. The topological polar surface area (TPSA) is 43.4 Å². The molecule has 0 aromatic heterocycles. The maximum absolute atomic E-state index is 14.6. The second kappa shape index (κ2) is 7.50. The van der Waals surface area contributed by atoms with Crippen LogP contribution in [0.15, 0.2) is 30.3 Å². The monoisotopic (exact) mass is 436 g/mol. The maximum atomic E-state index is 14.6. The van der Waals surface area contributed by atoms with Gasteiger partial charge >= 0.3 is 0 Å². The molecule has 1 aliphatic rings. The SMILES string of the molecule is CCc1cc(-c2ccc(Cl)c(Cl)c2F)ccc1C1C(=O)C(C)(C)OC(C)(C)C1=O. The van der Waals surface area contributed by atoms with Gasteiger partial charge in [-0.25, -0.2) is 4.39 Å². The van der Waals surface area contributed by atoms with Gasteiger partial charge in [0, 0.05) is 5.56 Å². The minimum atomic E-state index is -1.08. The van der Waals surface area contributed by atoms with Crippen LogP contribution >= 0.6 is 23.2 Å². The van der Waals surface area contributed by atoms with Crippen LogP contribution in [-0.4, -0.2) is 22.8 Å². The van der Waals surface area contributed by atoms with Crippen molar-refractivity contribution in [1.29, 1.82) is 0 Å². The Bertz CT molecular complexity index is 985. The van der Waals surface area contributed by atoms with Crippen LogP contribution in [0.2, 0.25) is 10.0 Å². The third-order valence-electron chi connectivity index (χ3n) is 5.40. The minimum Gasteiger partial charge on any atom is -0.354 e. The molecule has 1 fully saturated rings. The first-order valence-corrected chi connectivity index (χ1v) is 10.2. The highest BCUT2D eigenvalue weighted by Gasteiger charge is 2.53. The zero-order valence-corrected chi connectivity index (χ0v) is 18.5. The number of halogens is 3. The van der Waals surface area contributed by atoms with Gasteiger partial charge in [0.1, 0.15) is 17.1 Å². The van der Waals surface area contributed by atoms with Crippen LogP contribution < -0.4 is 0 Å². The third-order valence-corrected chi connectivity index (χ3v) is 6.18. The molecule has 154 valence electrons. The second-order valence-corrected chi connectivity index (χ2v) is 9.06. The number of hydrogen-bond acceptors (Lipinski definition) is 3. The first-order chi connectivity index (χ1) is 13.4. The van der Waals surface area contributed by atoms with Gasteiger partial charge in [0.2, 0.25) is 0 Å². The number of ketones is 2. The molecule has 1 saturated heterocycles. The van der Waals surface area contributed by atoms with Gasteiger partial charge in [-0.2, -0.15) is 0 Å². The minimum absolute atomic E-state index is 0.135. The highest BCUT2D eigenvalue weighted by atomic mass is 35.5. The summed E-state index contributed by atoms with van der Waals surface area (Å²) in [6, 6.07) is 8.34. The van der Waals surface area contributed by atoms with E-state index in [-0.39, 0.29) is 21.6 Å². The summed E-state index contributed by atoms with van der Waals surface area (Å²) in [4.78, 5) is 26.1. The number of carbonyl (C=O) groups is 2. The number of rotatable bonds is 3. The molecule has 0 spiro atoms. The predicted octanol–water partition coefficient (Wildman–Crippen LogP) is 6.17. The molecule has 29 heavy (non-hydrogen) atoms. The molecule has 0 saturated carbocycles. The summed E-state index contributed by atoms with van der Waals surface area (Å²) in [5.74, 6) is -2.07. The fraction of sp³-hybridized carbons (Fsp3) is 0.391. The molecular weight excluding hydrogens is 414 g/mol. The number of Topliss-reactive ketones (excluding diaryl/α,β-unsaturated/α-hetero) is 2. The molecule has 3 rings (SSSR count). The fourth-order valence-electron chi connectivity index (χ4n) is 3.95. The summed E-state index contributed by atoms with van der Waals surface area (Å²) in [6.45, 7) is 8.66. The van der Waals surface area contributed by atoms with Gasteiger partial charge in [-0.15, -0.1) is 0 Å². The molecule has 0 atom stereocenters. The molecule has 0 unspecified atom stereocenters. The molecule has 1 heterocycles. The van der Waals surface area contributed by atoms with Crippen molar-refractivity contribution in [3.05, 3.63) is 57.3 Å². The summed E-state index contributed by atoms with van der Waals surface area (Å²) in [7, 11) is 0. The van der Waals surface area contributed by atoms with Crippen LogP contribution in [0.25, 0.3) is 11.1 Å². The first-order valence-electron chi connectivity index (χ1n) is 9.46. The van der Waals surface area contributed by atoms with Gasteiger partial charge in [-0.1, -0.05) is 48.3 Å². The van der Waals surface area contributed by atoms with Gasteiger partial charge in [-0.3, -0.25) is 9.59 Å². The van der Waals surface area contributed by atoms with E-state index in [9.17, 15) is 14.0 Å². The molecule has 0 amide bonds. The van der Waals surface area contributed by atoms with Crippen molar-refractivity contribution in [2.45, 2.75) is 58.2 Å². The molecule has 1 aliphatic heterocycles. The molecule has 0 bridgehead atoms. The van der Waals surface area contributed by atoms with Crippen molar-refractivity contribution in [3.63, 3.8) is 0 Å². The molecular formula is C23H23Cl2FO3. The summed E-state index contributed by atoms with van der Waals surface area (Å²) >= 11 is 11.8. The van der Waals surface area contributed by atoms with E-state index < -0.39 is 22.9 Å². The van der Waals surface area contributed by atoms with Crippen molar-refractivity contribution in [2.75, 3.05) is 0 Å². The lowest BCUT2D eigenvalue weighted by molar-refractivity contribution is -0.184. The smallest absolute Gasteiger partial charge is 0.179 e. The maximum Gasteiger partial charge on any atom is 0.179 e. The van der Waals surface area contributed by atoms with E-state index in [4.69, 9.17) is 27.9 Å². The first kappa shape index (κ1) is 21.9. The normalized spacial score (nSPS) is 18.9. The molecule has 0 radical (unpaired) electrons. The molecule has 6 heteroatoms. The lowest BCUT2D eigenvalue weighted by Gasteiger charge is -2.43. The highest BCUT2D eigenvalue weighted by Crippen LogP contribution is 2.41. The van der Waals surface area contributed by atoms with Gasteiger partial charge in [0.05, 0.1) is 10.0 Å². The van der Waals surface area contributed by atoms with Crippen LogP contribution in [0.3, 0.4) is 0 Å². The molecule has 0 N–H and O–H groups in total. The van der Waals surface area contributed by atoms with Crippen molar-refractivity contribution >= 4 is 34.8 Å². The molecule has 2 aromatic carbocycles. The number of carbonyl (C=O) groups excluding carboxylic acids is 2. The van der Waals surface area contributed by atoms with Crippen LogP contribution in [0.1, 0.15) is 51.7 Å². The van der Waals surface area contributed by atoms with Gasteiger partial charge in [0.15, 0.2) is 17.4 Å². The van der Waals surface area contributed by atoms with E-state index in [1.165, 1.54) is 0 Å². The van der Waals surface area contributed by atoms with E-state index in [0.29, 0.717) is 23.1 Å². The molecule has 2 aromatic rings. The lowest BCUT2D eigenvalue weighted by Crippen LogP contribution is -2.58. The number of ether oxygens (including phenoxy) is 1. The Hall–Kier alpha value is -1.75. The quantitative estimate of drug-likeness (QED) is 0.426. The predicted molar refractivity (Wildman–Crippen MR) is 113 cm³/mol. The van der Waals surface area contributed by atoms with Crippen molar-refractivity contribution < 1.29 is 18.7 Å². The average molecular weight is 437 g/mol. The Kier molecular flexibility index (Phi) is 5.67. The Morgan fingerprint density at radius 2 is 1.59 bits per heavy atom. The van der Waals surface area contributed by atoms with E-state index in [0.717, 1.165) is 5.56 Å². The summed E-state index contributed by atoms with van der Waals surface area (Å²) in [5, 5.41) is 0.00712. The highest BCUT2D eigenvalue weighted by molar-refractivity contribution is 6.42. The molecule has 0 aliphatic carbocycles. The van der Waals surface area contributed by atoms with Crippen molar-refractivity contribution in [1.82, 2.24) is 0 Å². The van der Waals surface area contributed by atoms with Crippen molar-refractivity contribution in [2.24, 2.45) is 0 Å². The Balaban J connectivity index is 2.14. The fourth-order valence-corrected chi connectivity index (χ4v) is 4.26. The third kappa shape index (κ3) is 3.74. The Labute approximate surface area is 180 Å². The van der Waals surface area contributed by atoms with Gasteiger partial charge < -0.3 is 4.74 Å². The van der Waals surface area contributed by atoms with E-state index in [2.05, 4.69) is 0 Å². The average Bonchev–Trinajstić information content (AvgIpc) is 2.65. The largest absolute Gasteiger partial charge is 0.354 e. The van der Waals surface area contributed by atoms with Crippen LogP contribution in [0.5, 0.6) is 0 Å². The standard InChI is InChI=1S/C23H23Cl2FO3/c1-6-12-11-13(15-9-10-16(24)18(25)19(15)26)7-8-14(12)17-20(27)22(2,3)29-23(4,5)21(17)28/h7-11,17H,6H2,1-5H3. The van der Waals surface area contributed by atoms with Crippen LogP contribution in [-0.2, 0) is 20.7 Å². The van der Waals surface area contributed by atoms with Crippen LogP contribution in [0.4, 0.5) is 4.39 Å². The summed E-state index contributed by atoms with van der Waals surface area (Å²) < 4.78 is 20.4. The number of hydrogen-bond donors (Lipinski definition) is 0. The second-order valence-electron chi connectivity index (χ2n) is 8.27. The van der Waals surface area contributed by atoms with Crippen molar-refractivity contribution in [3.8, 4) is 11.1 Å². The van der Waals surface area contributed by atoms with Crippen LogP contribution in [0, 0.1) is 5.82 Å².